The largest absolute Gasteiger partial charge is 0.313 e. The molecule has 1 atom stereocenters. The number of aromatic nitrogens is 1. The van der Waals surface area contributed by atoms with Crippen molar-refractivity contribution >= 4 is 0 Å². The van der Waals surface area contributed by atoms with E-state index in [4.69, 9.17) is 0 Å². The molecule has 3 nitrogen and oxygen atoms in total. The second-order valence-electron chi connectivity index (χ2n) is 5.66. The highest BCUT2D eigenvalue weighted by Crippen LogP contribution is 2.23. The summed E-state index contributed by atoms with van der Waals surface area (Å²) in [4.78, 5) is 6.76. The fourth-order valence-electron chi connectivity index (χ4n) is 2.42. The third-order valence-corrected chi connectivity index (χ3v) is 3.68. The summed E-state index contributed by atoms with van der Waals surface area (Å²) in [5, 5.41) is 3.56. The van der Waals surface area contributed by atoms with Gasteiger partial charge in [-0.05, 0) is 45.4 Å². The Morgan fingerprint density at radius 3 is 3.06 bits per heavy atom. The number of hydrogen-bond acceptors (Lipinski definition) is 3. The smallest absolute Gasteiger partial charge is 0.0312 e. The van der Waals surface area contributed by atoms with E-state index in [2.05, 4.69) is 42.0 Å². The quantitative estimate of drug-likeness (QED) is 0.847. The van der Waals surface area contributed by atoms with E-state index in [1.54, 1.807) is 0 Å². The van der Waals surface area contributed by atoms with Crippen molar-refractivity contribution in [3.63, 3.8) is 0 Å². The molecule has 17 heavy (non-hydrogen) atoms. The van der Waals surface area contributed by atoms with E-state index in [0.717, 1.165) is 19.6 Å². The molecule has 0 spiro atoms. The SMILES string of the molecule is CC1CN(Cc2cccnc2)C(C)(C)CCN1. The molecule has 1 aliphatic heterocycles. The predicted molar refractivity (Wildman–Crippen MR) is 70.8 cm³/mol. The Morgan fingerprint density at radius 2 is 2.35 bits per heavy atom. The molecular formula is C14H23N3. The third-order valence-electron chi connectivity index (χ3n) is 3.68. The molecule has 1 aliphatic rings. The van der Waals surface area contributed by atoms with Gasteiger partial charge in [0.15, 0.2) is 0 Å². The average Bonchev–Trinajstić information content (AvgIpc) is 2.40. The van der Waals surface area contributed by atoms with E-state index in [1.165, 1.54) is 12.0 Å². The van der Waals surface area contributed by atoms with Crippen molar-refractivity contribution in [2.45, 2.75) is 45.3 Å². The average molecular weight is 233 g/mol. The first-order valence-corrected chi connectivity index (χ1v) is 6.45. The van der Waals surface area contributed by atoms with Crippen molar-refractivity contribution in [3.05, 3.63) is 30.1 Å². The van der Waals surface area contributed by atoms with E-state index in [9.17, 15) is 0 Å². The van der Waals surface area contributed by atoms with Gasteiger partial charge in [0.1, 0.15) is 0 Å². The van der Waals surface area contributed by atoms with Crippen LogP contribution in [0.4, 0.5) is 0 Å². The zero-order chi connectivity index (χ0) is 12.3. The summed E-state index contributed by atoms with van der Waals surface area (Å²) in [6.07, 6.45) is 5.00. The van der Waals surface area contributed by atoms with E-state index in [-0.39, 0.29) is 5.54 Å². The van der Waals surface area contributed by atoms with E-state index >= 15 is 0 Å². The van der Waals surface area contributed by atoms with Crippen molar-refractivity contribution in [2.24, 2.45) is 0 Å². The van der Waals surface area contributed by atoms with Crippen molar-refractivity contribution in [1.29, 1.82) is 0 Å². The molecule has 0 radical (unpaired) electrons. The molecule has 1 N–H and O–H groups in total. The van der Waals surface area contributed by atoms with Gasteiger partial charge < -0.3 is 5.32 Å². The molecule has 2 heterocycles. The van der Waals surface area contributed by atoms with Crippen LogP contribution in [0, 0.1) is 0 Å². The van der Waals surface area contributed by atoms with Gasteiger partial charge in [-0.2, -0.15) is 0 Å². The van der Waals surface area contributed by atoms with Gasteiger partial charge in [-0.1, -0.05) is 6.07 Å². The second kappa shape index (κ2) is 5.15. The Morgan fingerprint density at radius 1 is 1.53 bits per heavy atom. The highest BCUT2D eigenvalue weighted by molar-refractivity contribution is 5.09. The molecule has 2 rings (SSSR count). The molecule has 1 unspecified atom stereocenters. The van der Waals surface area contributed by atoms with Crippen molar-refractivity contribution < 1.29 is 0 Å². The van der Waals surface area contributed by atoms with Crippen LogP contribution in [0.15, 0.2) is 24.5 Å². The van der Waals surface area contributed by atoms with Gasteiger partial charge in [-0.3, -0.25) is 9.88 Å². The van der Waals surface area contributed by atoms with Crippen LogP contribution in [0.1, 0.15) is 32.8 Å². The molecule has 0 amide bonds. The van der Waals surface area contributed by atoms with Crippen LogP contribution in [0.25, 0.3) is 0 Å². The molecule has 1 saturated heterocycles. The first kappa shape index (κ1) is 12.5. The summed E-state index contributed by atoms with van der Waals surface area (Å²) in [7, 11) is 0. The maximum Gasteiger partial charge on any atom is 0.0312 e. The van der Waals surface area contributed by atoms with E-state index in [0.29, 0.717) is 6.04 Å². The van der Waals surface area contributed by atoms with Crippen LogP contribution in [-0.2, 0) is 6.54 Å². The Labute approximate surface area is 104 Å². The molecule has 94 valence electrons. The Bertz CT molecular complexity index is 348. The number of nitrogens with one attached hydrogen (secondary N) is 1. The molecule has 0 bridgehead atoms. The highest BCUT2D eigenvalue weighted by atomic mass is 15.2. The Hall–Kier alpha value is -0.930. The van der Waals surface area contributed by atoms with Crippen molar-refractivity contribution in [1.82, 2.24) is 15.2 Å². The number of nitrogens with zero attached hydrogens (tertiary/aromatic N) is 2. The zero-order valence-electron chi connectivity index (χ0n) is 11.1. The van der Waals surface area contributed by atoms with Gasteiger partial charge in [0, 0.05) is 37.1 Å². The lowest BCUT2D eigenvalue weighted by molar-refractivity contribution is 0.112. The van der Waals surface area contributed by atoms with Crippen LogP contribution >= 0.6 is 0 Å². The monoisotopic (exact) mass is 233 g/mol. The van der Waals surface area contributed by atoms with Crippen LogP contribution < -0.4 is 5.32 Å². The predicted octanol–water partition coefficient (Wildman–Crippen LogP) is 2.04. The van der Waals surface area contributed by atoms with Crippen LogP contribution in [-0.4, -0.2) is 34.6 Å². The van der Waals surface area contributed by atoms with Crippen LogP contribution in [0.2, 0.25) is 0 Å². The van der Waals surface area contributed by atoms with Crippen LogP contribution in [0.5, 0.6) is 0 Å². The summed E-state index contributed by atoms with van der Waals surface area (Å²) in [5.74, 6) is 0. The standard InChI is InChI=1S/C14H23N3/c1-12-10-17(14(2,3)6-8-16-12)11-13-5-4-7-15-9-13/h4-5,7,9,12,16H,6,8,10-11H2,1-3H3. The lowest BCUT2D eigenvalue weighted by atomic mass is 9.98. The third kappa shape index (κ3) is 3.27. The Kier molecular flexibility index (Phi) is 3.79. The minimum atomic E-state index is 0.258. The normalized spacial score (nSPS) is 25.5. The van der Waals surface area contributed by atoms with Gasteiger partial charge in [0.25, 0.3) is 0 Å². The number of pyridine rings is 1. The van der Waals surface area contributed by atoms with Gasteiger partial charge in [-0.25, -0.2) is 0 Å². The molecule has 3 heteroatoms. The maximum absolute atomic E-state index is 4.20. The zero-order valence-corrected chi connectivity index (χ0v) is 11.1. The lowest BCUT2D eigenvalue weighted by Gasteiger charge is -2.37. The molecule has 1 aromatic heterocycles. The Balaban J connectivity index is 2.11. The second-order valence-corrected chi connectivity index (χ2v) is 5.66. The fraction of sp³-hybridized carbons (Fsp3) is 0.643. The summed E-state index contributed by atoms with van der Waals surface area (Å²) in [6.45, 7) is 10.1. The van der Waals surface area contributed by atoms with Gasteiger partial charge in [0.05, 0.1) is 0 Å². The fourth-order valence-corrected chi connectivity index (χ4v) is 2.42. The summed E-state index contributed by atoms with van der Waals surface area (Å²) < 4.78 is 0. The van der Waals surface area contributed by atoms with Crippen molar-refractivity contribution in [3.8, 4) is 0 Å². The summed E-state index contributed by atoms with van der Waals surface area (Å²) >= 11 is 0. The molecule has 1 aromatic rings. The molecule has 0 saturated carbocycles. The topological polar surface area (TPSA) is 28.2 Å². The highest BCUT2D eigenvalue weighted by Gasteiger charge is 2.30. The number of hydrogen-bond donors (Lipinski definition) is 1. The first-order valence-electron chi connectivity index (χ1n) is 6.45. The summed E-state index contributed by atoms with van der Waals surface area (Å²) in [6, 6.07) is 4.74. The van der Waals surface area contributed by atoms with E-state index in [1.807, 2.05) is 18.5 Å². The molecule has 0 aliphatic carbocycles. The van der Waals surface area contributed by atoms with Crippen LogP contribution in [0.3, 0.4) is 0 Å². The summed E-state index contributed by atoms with van der Waals surface area (Å²) in [5.41, 5.74) is 1.56. The minimum Gasteiger partial charge on any atom is -0.313 e. The minimum absolute atomic E-state index is 0.258. The molecular weight excluding hydrogens is 210 g/mol. The maximum atomic E-state index is 4.20. The van der Waals surface area contributed by atoms with Gasteiger partial charge >= 0.3 is 0 Å². The van der Waals surface area contributed by atoms with Crippen molar-refractivity contribution in [2.75, 3.05) is 13.1 Å². The van der Waals surface area contributed by atoms with E-state index < -0.39 is 0 Å². The molecule has 0 aromatic carbocycles. The first-order chi connectivity index (χ1) is 8.08. The number of rotatable bonds is 2. The lowest BCUT2D eigenvalue weighted by Crippen LogP contribution is -2.45. The van der Waals surface area contributed by atoms with Gasteiger partial charge in [-0.15, -0.1) is 0 Å². The van der Waals surface area contributed by atoms with Gasteiger partial charge in [0.2, 0.25) is 0 Å². The molecule has 1 fully saturated rings.